The molecule has 1 amide bonds. The predicted molar refractivity (Wildman–Crippen MR) is 101 cm³/mol. The van der Waals surface area contributed by atoms with Crippen LogP contribution in [0.25, 0.3) is 0 Å². The zero-order valence-electron chi connectivity index (χ0n) is 15.2. The molecule has 1 aromatic heterocycles. The minimum atomic E-state index is 0.113. The molecule has 1 aliphatic rings. The van der Waals surface area contributed by atoms with E-state index < -0.39 is 0 Å². The quantitative estimate of drug-likeness (QED) is 0.910. The van der Waals surface area contributed by atoms with Crippen LogP contribution in [-0.4, -0.2) is 48.4 Å². The molecule has 1 aromatic carbocycles. The number of carbonyl (C=O) groups excluding carboxylic acids is 1. The number of rotatable bonds is 5. The number of nitrogens with one attached hydrogen (secondary N) is 1. The van der Waals surface area contributed by atoms with Gasteiger partial charge in [0.15, 0.2) is 0 Å². The molecule has 0 saturated carbocycles. The van der Waals surface area contributed by atoms with Crippen LogP contribution < -0.4 is 5.32 Å². The highest BCUT2D eigenvalue weighted by molar-refractivity contribution is 5.94. The van der Waals surface area contributed by atoms with E-state index in [1.165, 1.54) is 5.56 Å². The van der Waals surface area contributed by atoms with Crippen molar-refractivity contribution in [1.29, 1.82) is 0 Å². The Bertz CT molecular complexity index is 727. The van der Waals surface area contributed by atoms with Gasteiger partial charge in [-0.2, -0.15) is 0 Å². The van der Waals surface area contributed by atoms with Crippen molar-refractivity contribution in [3.63, 3.8) is 0 Å². The summed E-state index contributed by atoms with van der Waals surface area (Å²) in [5.74, 6) is 0.951. The van der Waals surface area contributed by atoms with Gasteiger partial charge in [0.1, 0.15) is 5.82 Å². The third kappa shape index (κ3) is 3.99. The second-order valence-electron chi connectivity index (χ2n) is 6.82. The number of amides is 1. The van der Waals surface area contributed by atoms with E-state index in [1.54, 1.807) is 6.20 Å². The van der Waals surface area contributed by atoms with Crippen LogP contribution in [0.1, 0.15) is 40.4 Å². The lowest BCUT2D eigenvalue weighted by molar-refractivity contribution is 0.0735. The van der Waals surface area contributed by atoms with E-state index in [4.69, 9.17) is 0 Å². The van der Waals surface area contributed by atoms with Gasteiger partial charge in [-0.3, -0.25) is 4.79 Å². The lowest BCUT2D eigenvalue weighted by Crippen LogP contribution is -2.30. The van der Waals surface area contributed by atoms with Crippen LogP contribution in [0.5, 0.6) is 0 Å². The molecule has 2 aromatic rings. The van der Waals surface area contributed by atoms with Crippen molar-refractivity contribution in [2.24, 2.45) is 0 Å². The number of benzene rings is 1. The predicted octanol–water partition coefficient (Wildman–Crippen LogP) is 3.16. The Morgan fingerprint density at radius 1 is 1.28 bits per heavy atom. The second-order valence-corrected chi connectivity index (χ2v) is 6.82. The Balaban J connectivity index is 1.78. The maximum absolute atomic E-state index is 13.0. The van der Waals surface area contributed by atoms with Crippen molar-refractivity contribution >= 4 is 11.7 Å². The highest BCUT2D eigenvalue weighted by Crippen LogP contribution is 2.33. The topological polar surface area (TPSA) is 48.5 Å². The molecule has 0 bridgehead atoms. The molecule has 0 spiro atoms. The monoisotopic (exact) mass is 338 g/mol. The van der Waals surface area contributed by atoms with Gasteiger partial charge in [0.25, 0.3) is 5.91 Å². The molecule has 132 valence electrons. The third-order valence-corrected chi connectivity index (χ3v) is 4.64. The Morgan fingerprint density at radius 2 is 2.04 bits per heavy atom. The summed E-state index contributed by atoms with van der Waals surface area (Å²) in [5.41, 5.74) is 3.12. The fourth-order valence-corrected chi connectivity index (χ4v) is 3.43. The minimum absolute atomic E-state index is 0.113. The Hall–Kier alpha value is -2.40. The van der Waals surface area contributed by atoms with Crippen LogP contribution in [0.2, 0.25) is 0 Å². The average Bonchev–Trinajstić information content (AvgIpc) is 3.11. The Kier molecular flexibility index (Phi) is 5.34. The zero-order chi connectivity index (χ0) is 17.8. The van der Waals surface area contributed by atoms with Gasteiger partial charge in [-0.25, -0.2) is 4.98 Å². The second kappa shape index (κ2) is 7.66. The Morgan fingerprint density at radius 3 is 2.72 bits per heavy atom. The van der Waals surface area contributed by atoms with Gasteiger partial charge in [0.05, 0.1) is 6.04 Å². The smallest absolute Gasteiger partial charge is 0.254 e. The molecule has 1 fully saturated rings. The first-order chi connectivity index (χ1) is 12.1. The molecule has 1 aliphatic heterocycles. The summed E-state index contributed by atoms with van der Waals surface area (Å²) >= 11 is 0. The third-order valence-electron chi connectivity index (χ3n) is 4.64. The normalized spacial score (nSPS) is 17.1. The standard InChI is InChI=1S/C20H26N4O/c1-21-19-13-17(10-11-22-19)18-5-4-12-24(18)20(25)16-8-6-15(7-9-16)14-23(2)3/h6-11,13,18H,4-5,12,14H2,1-3H3,(H,21,22)/t18-/m1/s1. The van der Waals surface area contributed by atoms with E-state index in [0.29, 0.717) is 0 Å². The summed E-state index contributed by atoms with van der Waals surface area (Å²) in [6, 6.07) is 12.2. The lowest BCUT2D eigenvalue weighted by Gasteiger charge is -2.25. The molecule has 1 atom stereocenters. The van der Waals surface area contributed by atoms with Crippen LogP contribution in [0.15, 0.2) is 42.6 Å². The number of hydrogen-bond acceptors (Lipinski definition) is 4. The maximum atomic E-state index is 13.0. The SMILES string of the molecule is CNc1cc([C@H]2CCCN2C(=O)c2ccc(CN(C)C)cc2)ccn1. The van der Waals surface area contributed by atoms with Crippen molar-refractivity contribution < 1.29 is 4.79 Å². The molecule has 0 aliphatic carbocycles. The fraction of sp³-hybridized carbons (Fsp3) is 0.400. The molecule has 0 unspecified atom stereocenters. The fourth-order valence-electron chi connectivity index (χ4n) is 3.43. The summed E-state index contributed by atoms with van der Waals surface area (Å²) in [6.45, 7) is 1.69. The Labute approximate surface area is 149 Å². The van der Waals surface area contributed by atoms with Crippen LogP contribution >= 0.6 is 0 Å². The van der Waals surface area contributed by atoms with Gasteiger partial charge in [-0.15, -0.1) is 0 Å². The van der Waals surface area contributed by atoms with Gasteiger partial charge in [-0.1, -0.05) is 12.1 Å². The summed E-state index contributed by atoms with van der Waals surface area (Å²) in [7, 11) is 5.95. The molecule has 5 heteroatoms. The van der Waals surface area contributed by atoms with Crippen molar-refractivity contribution in [2.45, 2.75) is 25.4 Å². The number of pyridine rings is 1. The van der Waals surface area contributed by atoms with E-state index in [1.807, 2.05) is 62.4 Å². The summed E-state index contributed by atoms with van der Waals surface area (Å²) < 4.78 is 0. The van der Waals surface area contributed by atoms with E-state index in [2.05, 4.69) is 15.2 Å². The number of aromatic nitrogens is 1. The summed E-state index contributed by atoms with van der Waals surface area (Å²) in [5, 5.41) is 3.07. The molecular formula is C20H26N4O. The number of hydrogen-bond donors (Lipinski definition) is 1. The van der Waals surface area contributed by atoms with Crippen LogP contribution in [0, 0.1) is 0 Å². The van der Waals surface area contributed by atoms with Gasteiger partial charge >= 0.3 is 0 Å². The van der Waals surface area contributed by atoms with Crippen molar-refractivity contribution in [3.8, 4) is 0 Å². The molecular weight excluding hydrogens is 312 g/mol. The first-order valence-corrected chi connectivity index (χ1v) is 8.77. The first kappa shape index (κ1) is 17.4. The zero-order valence-corrected chi connectivity index (χ0v) is 15.2. The molecule has 5 nitrogen and oxygen atoms in total. The van der Waals surface area contributed by atoms with Gasteiger partial charge < -0.3 is 15.1 Å². The molecule has 0 radical (unpaired) electrons. The molecule has 1 N–H and O–H groups in total. The minimum Gasteiger partial charge on any atom is -0.373 e. The highest BCUT2D eigenvalue weighted by Gasteiger charge is 2.30. The number of nitrogens with zero attached hydrogens (tertiary/aromatic N) is 3. The van der Waals surface area contributed by atoms with Crippen LogP contribution in [0.4, 0.5) is 5.82 Å². The van der Waals surface area contributed by atoms with Gasteiger partial charge in [-0.05, 0) is 62.3 Å². The molecule has 25 heavy (non-hydrogen) atoms. The van der Waals surface area contributed by atoms with Gasteiger partial charge in [0, 0.05) is 31.9 Å². The largest absolute Gasteiger partial charge is 0.373 e. The first-order valence-electron chi connectivity index (χ1n) is 8.77. The van der Waals surface area contributed by atoms with E-state index in [9.17, 15) is 4.79 Å². The molecule has 2 heterocycles. The average molecular weight is 338 g/mol. The molecule has 1 saturated heterocycles. The number of carbonyl (C=O) groups is 1. The number of anilines is 1. The van der Waals surface area contributed by atoms with Crippen molar-refractivity contribution in [2.75, 3.05) is 33.0 Å². The lowest BCUT2D eigenvalue weighted by atomic mass is 10.0. The maximum Gasteiger partial charge on any atom is 0.254 e. The van der Waals surface area contributed by atoms with E-state index in [0.717, 1.165) is 42.9 Å². The van der Waals surface area contributed by atoms with Crippen molar-refractivity contribution in [3.05, 3.63) is 59.3 Å². The van der Waals surface area contributed by atoms with E-state index >= 15 is 0 Å². The summed E-state index contributed by atoms with van der Waals surface area (Å²) in [6.07, 6.45) is 3.84. The molecule has 3 rings (SSSR count). The van der Waals surface area contributed by atoms with Gasteiger partial charge in [0.2, 0.25) is 0 Å². The summed E-state index contributed by atoms with van der Waals surface area (Å²) in [4.78, 5) is 21.4. The number of likely N-dealkylation sites (tertiary alicyclic amines) is 1. The van der Waals surface area contributed by atoms with Crippen molar-refractivity contribution in [1.82, 2.24) is 14.8 Å². The van der Waals surface area contributed by atoms with E-state index in [-0.39, 0.29) is 11.9 Å². The van der Waals surface area contributed by atoms with Crippen LogP contribution in [0.3, 0.4) is 0 Å². The van der Waals surface area contributed by atoms with Crippen LogP contribution in [-0.2, 0) is 6.54 Å². The highest BCUT2D eigenvalue weighted by atomic mass is 16.2.